The van der Waals surface area contributed by atoms with Crippen molar-refractivity contribution in [2.45, 2.75) is 6.54 Å². The van der Waals surface area contributed by atoms with Crippen LogP contribution in [0.4, 0.5) is 0 Å². The van der Waals surface area contributed by atoms with Crippen molar-refractivity contribution in [2.24, 2.45) is 5.10 Å². The highest BCUT2D eigenvalue weighted by molar-refractivity contribution is 5.79. The first-order chi connectivity index (χ1) is 8.88. The fourth-order valence-electron chi connectivity index (χ4n) is 1.56. The summed E-state index contributed by atoms with van der Waals surface area (Å²) in [6.45, 7) is 0.480. The van der Waals surface area contributed by atoms with E-state index in [4.69, 9.17) is 0 Å². The smallest absolute Gasteiger partial charge is 0.230 e. The molecule has 2 aromatic rings. The Morgan fingerprint density at radius 2 is 1.56 bits per heavy atom. The van der Waals surface area contributed by atoms with Crippen molar-refractivity contribution in [3.05, 3.63) is 71.8 Å². The van der Waals surface area contributed by atoms with Crippen molar-refractivity contribution in [2.75, 3.05) is 0 Å². The summed E-state index contributed by atoms with van der Waals surface area (Å²) in [7, 11) is 0. The van der Waals surface area contributed by atoms with Crippen molar-refractivity contribution >= 4 is 12.6 Å². The molecule has 2 aromatic carbocycles. The predicted molar refractivity (Wildman–Crippen MR) is 72.1 cm³/mol. The summed E-state index contributed by atoms with van der Waals surface area (Å²) >= 11 is 0. The molecule has 0 radical (unpaired) electrons. The van der Waals surface area contributed by atoms with Crippen LogP contribution < -0.4 is 0 Å². The van der Waals surface area contributed by atoms with Gasteiger partial charge in [-0.25, -0.2) is 5.01 Å². The van der Waals surface area contributed by atoms with E-state index >= 15 is 0 Å². The fourth-order valence-corrected chi connectivity index (χ4v) is 1.56. The van der Waals surface area contributed by atoms with Crippen molar-refractivity contribution in [3.63, 3.8) is 0 Å². The SMILES string of the molecule is O=CN(Cc1ccccc1)/N=C\c1ccccc1. The Bertz CT molecular complexity index is 509. The van der Waals surface area contributed by atoms with Crippen LogP contribution in [0.5, 0.6) is 0 Å². The average Bonchev–Trinajstić information content (AvgIpc) is 2.45. The molecule has 0 unspecified atom stereocenters. The maximum Gasteiger partial charge on any atom is 0.230 e. The Labute approximate surface area is 106 Å². The molecule has 0 heterocycles. The normalized spacial score (nSPS) is 10.4. The molecule has 0 N–H and O–H groups in total. The molecule has 0 saturated heterocycles. The van der Waals surface area contributed by atoms with Crippen LogP contribution in [0, 0.1) is 0 Å². The van der Waals surface area contributed by atoms with Gasteiger partial charge in [-0.2, -0.15) is 5.10 Å². The molecular formula is C15H14N2O. The van der Waals surface area contributed by atoms with E-state index in [-0.39, 0.29) is 0 Å². The predicted octanol–water partition coefficient (Wildman–Crippen LogP) is 2.68. The number of nitrogens with zero attached hydrogens (tertiary/aromatic N) is 2. The minimum absolute atomic E-state index is 0.480. The van der Waals surface area contributed by atoms with Gasteiger partial charge in [0.2, 0.25) is 6.41 Å². The van der Waals surface area contributed by atoms with Crippen molar-refractivity contribution in [1.29, 1.82) is 0 Å². The monoisotopic (exact) mass is 238 g/mol. The number of carbonyl (C=O) groups is 1. The molecule has 0 aromatic heterocycles. The largest absolute Gasteiger partial charge is 0.277 e. The number of hydrazone groups is 1. The molecule has 3 heteroatoms. The van der Waals surface area contributed by atoms with Crippen LogP contribution in [0.2, 0.25) is 0 Å². The van der Waals surface area contributed by atoms with E-state index in [1.807, 2.05) is 60.7 Å². The van der Waals surface area contributed by atoms with E-state index in [1.54, 1.807) is 6.21 Å². The number of benzene rings is 2. The molecule has 0 bridgehead atoms. The van der Waals surface area contributed by atoms with Crippen molar-refractivity contribution in [3.8, 4) is 0 Å². The van der Waals surface area contributed by atoms with E-state index < -0.39 is 0 Å². The van der Waals surface area contributed by atoms with Gasteiger partial charge in [0.15, 0.2) is 0 Å². The maximum absolute atomic E-state index is 10.9. The van der Waals surface area contributed by atoms with Crippen molar-refractivity contribution < 1.29 is 4.79 Å². The molecule has 18 heavy (non-hydrogen) atoms. The lowest BCUT2D eigenvalue weighted by Gasteiger charge is -2.10. The van der Waals surface area contributed by atoms with Gasteiger partial charge in [0.05, 0.1) is 12.8 Å². The summed E-state index contributed by atoms with van der Waals surface area (Å²) in [4.78, 5) is 10.9. The van der Waals surface area contributed by atoms with Gasteiger partial charge in [0.25, 0.3) is 0 Å². The zero-order valence-corrected chi connectivity index (χ0v) is 9.94. The highest BCUT2D eigenvalue weighted by Gasteiger charge is 1.99. The highest BCUT2D eigenvalue weighted by Crippen LogP contribution is 2.03. The molecule has 0 aliphatic carbocycles. The van der Waals surface area contributed by atoms with Crippen LogP contribution in [0.3, 0.4) is 0 Å². The van der Waals surface area contributed by atoms with Crippen LogP contribution in [-0.2, 0) is 11.3 Å². The van der Waals surface area contributed by atoms with Crippen LogP contribution in [-0.4, -0.2) is 17.6 Å². The van der Waals surface area contributed by atoms with Gasteiger partial charge in [-0.1, -0.05) is 60.7 Å². The number of rotatable bonds is 5. The topological polar surface area (TPSA) is 32.7 Å². The minimum atomic E-state index is 0.480. The first-order valence-corrected chi connectivity index (χ1v) is 5.73. The number of hydrogen-bond acceptors (Lipinski definition) is 2. The summed E-state index contributed by atoms with van der Waals surface area (Å²) in [5.41, 5.74) is 2.02. The van der Waals surface area contributed by atoms with Crippen molar-refractivity contribution in [1.82, 2.24) is 5.01 Å². The average molecular weight is 238 g/mol. The lowest BCUT2D eigenvalue weighted by Crippen LogP contribution is -2.14. The summed E-state index contributed by atoms with van der Waals surface area (Å²) in [6, 6.07) is 19.5. The summed E-state index contributed by atoms with van der Waals surface area (Å²) < 4.78 is 0. The molecule has 0 saturated carbocycles. The van der Waals surface area contributed by atoms with E-state index in [1.165, 1.54) is 5.01 Å². The Morgan fingerprint density at radius 3 is 2.17 bits per heavy atom. The van der Waals surface area contributed by atoms with Crippen LogP contribution in [0.1, 0.15) is 11.1 Å². The molecule has 3 nitrogen and oxygen atoms in total. The van der Waals surface area contributed by atoms with E-state index in [0.717, 1.165) is 17.5 Å². The van der Waals surface area contributed by atoms with Gasteiger partial charge in [-0.05, 0) is 11.1 Å². The Balaban J connectivity index is 2.02. The Kier molecular flexibility index (Phi) is 4.25. The highest BCUT2D eigenvalue weighted by atomic mass is 16.1. The first-order valence-electron chi connectivity index (χ1n) is 5.73. The lowest BCUT2D eigenvalue weighted by molar-refractivity contribution is -0.118. The molecule has 0 spiro atoms. The molecule has 90 valence electrons. The maximum atomic E-state index is 10.9. The molecule has 0 atom stereocenters. The molecule has 1 amide bonds. The van der Waals surface area contributed by atoms with E-state index in [9.17, 15) is 4.79 Å². The third kappa shape index (κ3) is 3.56. The number of carbonyl (C=O) groups excluding carboxylic acids is 1. The molecule has 2 rings (SSSR count). The molecule has 0 aliphatic rings. The fraction of sp³-hybridized carbons (Fsp3) is 0.0667. The van der Waals surface area contributed by atoms with Crippen LogP contribution in [0.25, 0.3) is 0 Å². The number of amides is 1. The van der Waals surface area contributed by atoms with Gasteiger partial charge in [0.1, 0.15) is 0 Å². The third-order valence-corrected chi connectivity index (χ3v) is 2.46. The summed E-state index contributed by atoms with van der Waals surface area (Å²) in [5, 5.41) is 5.53. The molecule has 0 fully saturated rings. The number of hydrogen-bond donors (Lipinski definition) is 0. The van der Waals surface area contributed by atoms with E-state index in [2.05, 4.69) is 5.10 Å². The Morgan fingerprint density at radius 1 is 0.944 bits per heavy atom. The summed E-state index contributed by atoms with van der Waals surface area (Å²) in [6.07, 6.45) is 2.41. The first kappa shape index (κ1) is 12.0. The lowest BCUT2D eigenvalue weighted by atomic mass is 10.2. The quantitative estimate of drug-likeness (QED) is 0.448. The van der Waals surface area contributed by atoms with Gasteiger partial charge < -0.3 is 0 Å². The second kappa shape index (κ2) is 6.35. The van der Waals surface area contributed by atoms with Crippen LogP contribution >= 0.6 is 0 Å². The van der Waals surface area contributed by atoms with E-state index in [0.29, 0.717) is 6.54 Å². The second-order valence-electron chi connectivity index (χ2n) is 3.84. The molecular weight excluding hydrogens is 224 g/mol. The minimum Gasteiger partial charge on any atom is -0.277 e. The molecule has 0 aliphatic heterocycles. The standard InChI is InChI=1S/C15H14N2O/c18-13-17(12-15-9-5-2-6-10-15)16-11-14-7-3-1-4-8-14/h1-11,13H,12H2/b16-11-. The zero-order valence-electron chi connectivity index (χ0n) is 9.94. The summed E-state index contributed by atoms with van der Waals surface area (Å²) in [5.74, 6) is 0. The van der Waals surface area contributed by atoms with Gasteiger partial charge >= 0.3 is 0 Å². The van der Waals surface area contributed by atoms with Crippen LogP contribution in [0.15, 0.2) is 65.8 Å². The second-order valence-corrected chi connectivity index (χ2v) is 3.84. The third-order valence-electron chi connectivity index (χ3n) is 2.46. The Hall–Kier alpha value is -2.42. The van der Waals surface area contributed by atoms with Gasteiger partial charge in [0, 0.05) is 0 Å². The van der Waals surface area contributed by atoms with Gasteiger partial charge in [-0.15, -0.1) is 0 Å². The van der Waals surface area contributed by atoms with Gasteiger partial charge in [-0.3, -0.25) is 4.79 Å². The zero-order chi connectivity index (χ0) is 12.6.